The van der Waals surface area contributed by atoms with Crippen molar-refractivity contribution < 1.29 is 4.79 Å². The Hall–Kier alpha value is -2.48. The Labute approximate surface area is 175 Å². The fourth-order valence-corrected chi connectivity index (χ4v) is 4.24. The minimum absolute atomic E-state index is 0.0262. The number of nitrogens with zero attached hydrogens (tertiary/aromatic N) is 5. The van der Waals surface area contributed by atoms with Gasteiger partial charge in [0.15, 0.2) is 0 Å². The van der Waals surface area contributed by atoms with Gasteiger partial charge in [-0.2, -0.15) is 5.10 Å². The van der Waals surface area contributed by atoms with Gasteiger partial charge in [-0.05, 0) is 31.4 Å². The summed E-state index contributed by atoms with van der Waals surface area (Å²) in [4.78, 5) is 28.8. The first kappa shape index (κ1) is 19.8. The molecule has 1 saturated heterocycles. The van der Waals surface area contributed by atoms with Crippen molar-refractivity contribution in [1.82, 2.24) is 24.6 Å². The molecule has 0 spiro atoms. The van der Waals surface area contributed by atoms with Crippen LogP contribution in [0.3, 0.4) is 0 Å². The SMILES string of the molecule is O=C(NCCCn1nc2n(c1=O)CCCC2)N1CCN(c2ccccc2Cl)CC1. The third-order valence-corrected chi connectivity index (χ3v) is 5.93. The van der Waals surface area contributed by atoms with Gasteiger partial charge < -0.3 is 15.1 Å². The number of para-hydroxylation sites is 1. The molecule has 29 heavy (non-hydrogen) atoms. The van der Waals surface area contributed by atoms with Gasteiger partial charge in [0, 0.05) is 52.2 Å². The van der Waals surface area contributed by atoms with Crippen LogP contribution in [0, 0.1) is 0 Å². The summed E-state index contributed by atoms with van der Waals surface area (Å²) in [6.07, 6.45) is 3.69. The van der Waals surface area contributed by atoms with Crippen molar-refractivity contribution in [3.63, 3.8) is 0 Å². The zero-order valence-electron chi connectivity index (χ0n) is 16.5. The van der Waals surface area contributed by atoms with Gasteiger partial charge in [-0.25, -0.2) is 14.3 Å². The Morgan fingerprint density at radius 2 is 1.90 bits per heavy atom. The van der Waals surface area contributed by atoms with Gasteiger partial charge in [-0.3, -0.25) is 4.57 Å². The van der Waals surface area contributed by atoms with Gasteiger partial charge in [-0.1, -0.05) is 23.7 Å². The minimum atomic E-state index is -0.0553. The van der Waals surface area contributed by atoms with Gasteiger partial charge >= 0.3 is 11.7 Å². The molecule has 1 fully saturated rings. The summed E-state index contributed by atoms with van der Waals surface area (Å²) in [7, 11) is 0. The first-order chi connectivity index (χ1) is 14.1. The molecule has 4 rings (SSSR count). The van der Waals surface area contributed by atoms with Gasteiger partial charge in [-0.15, -0.1) is 0 Å². The van der Waals surface area contributed by atoms with Gasteiger partial charge in [0.25, 0.3) is 0 Å². The molecule has 2 amide bonds. The number of hydrogen-bond acceptors (Lipinski definition) is 4. The van der Waals surface area contributed by atoms with Crippen molar-refractivity contribution in [2.24, 2.45) is 0 Å². The summed E-state index contributed by atoms with van der Waals surface area (Å²) < 4.78 is 3.32. The van der Waals surface area contributed by atoms with Gasteiger partial charge in [0.1, 0.15) is 5.82 Å². The van der Waals surface area contributed by atoms with E-state index >= 15 is 0 Å². The van der Waals surface area contributed by atoms with Crippen LogP contribution in [0.1, 0.15) is 25.1 Å². The second-order valence-corrected chi connectivity index (χ2v) is 7.95. The summed E-state index contributed by atoms with van der Waals surface area (Å²) in [5, 5.41) is 8.13. The fourth-order valence-electron chi connectivity index (χ4n) is 3.99. The Balaban J connectivity index is 1.21. The average molecular weight is 419 g/mol. The summed E-state index contributed by atoms with van der Waals surface area (Å²) in [6.45, 7) is 4.65. The van der Waals surface area contributed by atoms with Gasteiger partial charge in [0.05, 0.1) is 10.7 Å². The molecule has 9 heteroatoms. The number of amides is 2. The van der Waals surface area contributed by atoms with Crippen molar-refractivity contribution in [2.45, 2.75) is 38.8 Å². The lowest BCUT2D eigenvalue weighted by molar-refractivity contribution is 0.194. The molecular weight excluding hydrogens is 392 g/mol. The zero-order chi connectivity index (χ0) is 20.2. The average Bonchev–Trinajstić information content (AvgIpc) is 3.07. The summed E-state index contributed by atoms with van der Waals surface area (Å²) in [5.41, 5.74) is 0.990. The molecule has 0 unspecified atom stereocenters. The molecular formula is C20H27ClN6O2. The number of aromatic nitrogens is 3. The van der Waals surface area contributed by atoms with E-state index < -0.39 is 0 Å². The maximum absolute atomic E-state index is 12.4. The highest BCUT2D eigenvalue weighted by Crippen LogP contribution is 2.25. The lowest BCUT2D eigenvalue weighted by atomic mass is 10.2. The van der Waals surface area contributed by atoms with E-state index in [0.29, 0.717) is 32.6 Å². The molecule has 2 aliphatic rings. The molecule has 0 bridgehead atoms. The van der Waals surface area contributed by atoms with E-state index in [1.165, 1.54) is 4.68 Å². The molecule has 1 aromatic carbocycles. The lowest BCUT2D eigenvalue weighted by Gasteiger charge is -2.36. The number of hydrogen-bond donors (Lipinski definition) is 1. The molecule has 156 valence electrons. The Kier molecular flexibility index (Phi) is 6.08. The number of halogens is 1. The molecule has 3 heterocycles. The Morgan fingerprint density at radius 1 is 1.10 bits per heavy atom. The van der Waals surface area contributed by atoms with Crippen molar-refractivity contribution in [2.75, 3.05) is 37.6 Å². The Bertz CT molecular complexity index is 916. The van der Waals surface area contributed by atoms with E-state index in [-0.39, 0.29) is 11.7 Å². The fraction of sp³-hybridized carbons (Fsp3) is 0.550. The second-order valence-electron chi connectivity index (χ2n) is 7.54. The lowest BCUT2D eigenvalue weighted by Crippen LogP contribution is -2.52. The van der Waals surface area contributed by atoms with Crippen LogP contribution in [0.2, 0.25) is 5.02 Å². The highest BCUT2D eigenvalue weighted by Gasteiger charge is 2.22. The number of fused-ring (bicyclic) bond motifs is 1. The van der Waals surface area contributed by atoms with Crippen molar-refractivity contribution in [1.29, 1.82) is 0 Å². The minimum Gasteiger partial charge on any atom is -0.367 e. The van der Waals surface area contributed by atoms with Crippen LogP contribution < -0.4 is 15.9 Å². The first-order valence-corrected chi connectivity index (χ1v) is 10.7. The largest absolute Gasteiger partial charge is 0.367 e. The van der Waals surface area contributed by atoms with E-state index in [1.54, 1.807) is 4.57 Å². The predicted molar refractivity (Wildman–Crippen MR) is 113 cm³/mol. The molecule has 2 aliphatic heterocycles. The summed E-state index contributed by atoms with van der Waals surface area (Å²) in [5.74, 6) is 0.890. The number of nitrogens with one attached hydrogen (secondary N) is 1. The number of carbonyl (C=O) groups is 1. The van der Waals surface area contributed by atoms with E-state index in [1.807, 2.05) is 29.2 Å². The van der Waals surface area contributed by atoms with E-state index in [2.05, 4.69) is 15.3 Å². The maximum Gasteiger partial charge on any atom is 0.345 e. The third kappa shape index (κ3) is 4.42. The highest BCUT2D eigenvalue weighted by atomic mass is 35.5. The summed E-state index contributed by atoms with van der Waals surface area (Å²) in [6, 6.07) is 7.73. The highest BCUT2D eigenvalue weighted by molar-refractivity contribution is 6.33. The molecule has 8 nitrogen and oxygen atoms in total. The van der Waals surface area contributed by atoms with Crippen LogP contribution >= 0.6 is 11.6 Å². The number of urea groups is 1. The van der Waals surface area contributed by atoms with Crippen LogP contribution in [0.25, 0.3) is 0 Å². The number of benzene rings is 1. The molecule has 1 aromatic heterocycles. The first-order valence-electron chi connectivity index (χ1n) is 10.3. The van der Waals surface area contributed by atoms with Crippen molar-refractivity contribution in [3.8, 4) is 0 Å². The van der Waals surface area contributed by atoms with Crippen molar-refractivity contribution >= 4 is 23.3 Å². The smallest absolute Gasteiger partial charge is 0.345 e. The number of piperazine rings is 1. The zero-order valence-corrected chi connectivity index (χ0v) is 17.3. The standard InChI is InChI=1S/C20H27ClN6O2/c21-16-6-1-2-7-17(16)24-12-14-25(15-13-24)19(28)22-9-5-11-27-20(29)26-10-4-3-8-18(26)23-27/h1-2,6-7H,3-5,8-15H2,(H,22,28). The van der Waals surface area contributed by atoms with E-state index in [4.69, 9.17) is 11.6 Å². The molecule has 1 N–H and O–H groups in total. The molecule has 0 atom stereocenters. The second kappa shape index (κ2) is 8.90. The van der Waals surface area contributed by atoms with Crippen LogP contribution in [-0.4, -0.2) is 58.0 Å². The van der Waals surface area contributed by atoms with Crippen LogP contribution in [-0.2, 0) is 19.5 Å². The number of anilines is 1. The monoisotopic (exact) mass is 418 g/mol. The van der Waals surface area contributed by atoms with Crippen LogP contribution in [0.15, 0.2) is 29.1 Å². The van der Waals surface area contributed by atoms with Crippen LogP contribution in [0.5, 0.6) is 0 Å². The van der Waals surface area contributed by atoms with E-state index in [9.17, 15) is 9.59 Å². The quantitative estimate of drug-likeness (QED) is 0.753. The van der Waals surface area contributed by atoms with E-state index in [0.717, 1.165) is 55.4 Å². The van der Waals surface area contributed by atoms with Crippen LogP contribution in [0.4, 0.5) is 10.5 Å². The molecule has 0 aliphatic carbocycles. The molecule has 0 saturated carbocycles. The maximum atomic E-state index is 12.4. The molecule has 2 aromatic rings. The normalized spacial score (nSPS) is 16.6. The summed E-state index contributed by atoms with van der Waals surface area (Å²) >= 11 is 6.27. The predicted octanol–water partition coefficient (Wildman–Crippen LogP) is 1.96. The van der Waals surface area contributed by atoms with Gasteiger partial charge in [0.2, 0.25) is 0 Å². The Morgan fingerprint density at radius 3 is 2.66 bits per heavy atom. The number of carbonyl (C=O) groups excluding carboxylic acids is 1. The molecule has 0 radical (unpaired) electrons. The number of aryl methyl sites for hydroxylation is 2. The third-order valence-electron chi connectivity index (χ3n) is 5.61. The number of rotatable bonds is 5. The van der Waals surface area contributed by atoms with Crippen molar-refractivity contribution in [3.05, 3.63) is 45.6 Å². The topological polar surface area (TPSA) is 75.4 Å².